The lowest BCUT2D eigenvalue weighted by Crippen LogP contribution is -2.41. The summed E-state index contributed by atoms with van der Waals surface area (Å²) < 4.78 is 5.43. The number of hydrogen-bond donors (Lipinski definition) is 0. The van der Waals surface area contributed by atoms with Gasteiger partial charge >= 0.3 is 6.01 Å². The molecule has 1 saturated heterocycles. The number of carbonyl (C=O) groups is 1. The molecule has 1 aromatic heterocycles. The maximum absolute atomic E-state index is 12.5. The summed E-state index contributed by atoms with van der Waals surface area (Å²) in [4.78, 5) is 20.9. The zero-order valence-corrected chi connectivity index (χ0v) is 16.6. The third-order valence-corrected chi connectivity index (χ3v) is 4.67. The van der Waals surface area contributed by atoms with Crippen molar-refractivity contribution in [2.75, 3.05) is 31.1 Å². The van der Waals surface area contributed by atoms with Crippen molar-refractivity contribution in [1.29, 1.82) is 0 Å². The fourth-order valence-corrected chi connectivity index (χ4v) is 3.46. The molecular formula is C18H22Cl2N4O2. The number of carbonyl (C=O) groups excluding carboxylic acids is 1. The van der Waals surface area contributed by atoms with Gasteiger partial charge in [-0.15, -0.1) is 0 Å². The van der Waals surface area contributed by atoms with E-state index in [1.165, 1.54) is 0 Å². The summed E-state index contributed by atoms with van der Waals surface area (Å²) in [5.74, 6) is 0.607. The highest BCUT2D eigenvalue weighted by Gasteiger charge is 2.29. The molecule has 2 aromatic rings. The second kappa shape index (κ2) is 7.45. The van der Waals surface area contributed by atoms with Gasteiger partial charge in [0.25, 0.3) is 0 Å². The molecule has 1 aliphatic heterocycles. The predicted molar refractivity (Wildman–Crippen MR) is 103 cm³/mol. The zero-order chi connectivity index (χ0) is 18.9. The molecule has 8 heteroatoms. The molecule has 1 fully saturated rings. The van der Waals surface area contributed by atoms with E-state index >= 15 is 0 Å². The molecule has 0 unspecified atom stereocenters. The number of hydrogen-bond acceptors (Lipinski definition) is 5. The van der Waals surface area contributed by atoms with E-state index in [4.69, 9.17) is 27.7 Å². The van der Waals surface area contributed by atoms with Crippen molar-refractivity contribution in [3.8, 4) is 11.4 Å². The summed E-state index contributed by atoms with van der Waals surface area (Å²) in [7, 11) is 0. The summed E-state index contributed by atoms with van der Waals surface area (Å²) >= 11 is 12.1. The van der Waals surface area contributed by atoms with Gasteiger partial charge in [-0.25, -0.2) is 0 Å². The van der Waals surface area contributed by atoms with E-state index in [2.05, 4.69) is 10.1 Å². The van der Waals surface area contributed by atoms with Gasteiger partial charge in [0.05, 0.1) is 0 Å². The Bertz CT molecular complexity index is 780. The van der Waals surface area contributed by atoms with E-state index in [9.17, 15) is 4.79 Å². The lowest BCUT2D eigenvalue weighted by Gasteiger charge is -2.28. The molecule has 0 bridgehead atoms. The van der Waals surface area contributed by atoms with Gasteiger partial charge in [-0.2, -0.15) is 4.98 Å². The van der Waals surface area contributed by atoms with Crippen LogP contribution in [0.25, 0.3) is 11.4 Å². The van der Waals surface area contributed by atoms with E-state index in [0.29, 0.717) is 40.5 Å². The van der Waals surface area contributed by atoms with Crippen LogP contribution >= 0.6 is 23.2 Å². The summed E-state index contributed by atoms with van der Waals surface area (Å²) in [6.45, 7) is 8.61. The van der Waals surface area contributed by atoms with E-state index in [-0.39, 0.29) is 11.3 Å². The lowest BCUT2D eigenvalue weighted by molar-refractivity contribution is -0.139. The van der Waals surface area contributed by atoms with Gasteiger partial charge in [0.2, 0.25) is 11.7 Å². The third-order valence-electron chi connectivity index (χ3n) is 4.23. The smallest absolute Gasteiger partial charge is 0.324 e. The number of anilines is 1. The topological polar surface area (TPSA) is 62.5 Å². The van der Waals surface area contributed by atoms with Crippen molar-refractivity contribution in [3.63, 3.8) is 0 Å². The Labute approximate surface area is 163 Å². The van der Waals surface area contributed by atoms with E-state index in [0.717, 1.165) is 19.5 Å². The molecule has 0 saturated carbocycles. The molecule has 140 valence electrons. The monoisotopic (exact) mass is 396 g/mol. The van der Waals surface area contributed by atoms with Crippen molar-refractivity contribution >= 4 is 35.1 Å². The van der Waals surface area contributed by atoms with Crippen molar-refractivity contribution in [2.24, 2.45) is 5.41 Å². The van der Waals surface area contributed by atoms with Crippen LogP contribution in [-0.4, -0.2) is 47.1 Å². The number of rotatable bonds is 2. The molecule has 0 spiro atoms. The second-order valence-corrected chi connectivity index (χ2v) is 8.31. The molecule has 1 aliphatic rings. The number of aromatic nitrogens is 2. The Kier molecular flexibility index (Phi) is 5.44. The maximum atomic E-state index is 12.5. The summed E-state index contributed by atoms with van der Waals surface area (Å²) in [5, 5.41) is 5.08. The van der Waals surface area contributed by atoms with Gasteiger partial charge in [-0.3, -0.25) is 4.79 Å². The minimum Gasteiger partial charge on any atom is -0.340 e. The first kappa shape index (κ1) is 19.0. The first-order valence-corrected chi connectivity index (χ1v) is 9.34. The standard InChI is InChI=1S/C18H22Cl2N4O2/c1-18(2,3)16(25)23-5-4-6-24(8-7-23)17-21-15(22-26-17)12-9-13(19)11-14(20)10-12/h9-11H,4-8H2,1-3H3. The van der Waals surface area contributed by atoms with Gasteiger partial charge in [-0.1, -0.05) is 49.1 Å². The number of amides is 1. The minimum absolute atomic E-state index is 0.166. The molecule has 0 radical (unpaired) electrons. The molecule has 6 nitrogen and oxygen atoms in total. The molecule has 1 aromatic carbocycles. The average molecular weight is 397 g/mol. The van der Waals surface area contributed by atoms with Crippen LogP contribution in [0.1, 0.15) is 27.2 Å². The molecule has 2 heterocycles. The van der Waals surface area contributed by atoms with Crippen LogP contribution in [0.3, 0.4) is 0 Å². The molecule has 3 rings (SSSR count). The van der Waals surface area contributed by atoms with Crippen LogP contribution in [0, 0.1) is 5.41 Å². The Morgan fingerprint density at radius 1 is 1.08 bits per heavy atom. The molecule has 0 N–H and O–H groups in total. The highest BCUT2D eigenvalue weighted by Crippen LogP contribution is 2.27. The highest BCUT2D eigenvalue weighted by molar-refractivity contribution is 6.35. The van der Waals surface area contributed by atoms with Crippen LogP contribution in [0.15, 0.2) is 22.7 Å². The normalized spacial score (nSPS) is 15.9. The highest BCUT2D eigenvalue weighted by atomic mass is 35.5. The van der Waals surface area contributed by atoms with Crippen LogP contribution in [0.4, 0.5) is 6.01 Å². The number of nitrogens with zero attached hydrogens (tertiary/aromatic N) is 4. The van der Waals surface area contributed by atoms with E-state index in [1.54, 1.807) is 18.2 Å². The minimum atomic E-state index is -0.376. The molecule has 0 atom stereocenters. The number of halogens is 2. The largest absolute Gasteiger partial charge is 0.340 e. The van der Waals surface area contributed by atoms with Crippen LogP contribution < -0.4 is 4.90 Å². The average Bonchev–Trinajstić information content (AvgIpc) is 2.91. The van der Waals surface area contributed by atoms with E-state index in [1.807, 2.05) is 30.6 Å². The van der Waals surface area contributed by atoms with Crippen LogP contribution in [0.5, 0.6) is 0 Å². The predicted octanol–water partition coefficient (Wildman–Crippen LogP) is 4.13. The van der Waals surface area contributed by atoms with Gasteiger partial charge in [0.15, 0.2) is 0 Å². The third kappa shape index (κ3) is 4.30. The van der Waals surface area contributed by atoms with Crippen molar-refractivity contribution < 1.29 is 9.32 Å². The first-order valence-electron chi connectivity index (χ1n) is 8.58. The molecular weight excluding hydrogens is 375 g/mol. The quantitative estimate of drug-likeness (QED) is 0.763. The van der Waals surface area contributed by atoms with Crippen LogP contribution in [0.2, 0.25) is 10.0 Å². The number of benzene rings is 1. The van der Waals surface area contributed by atoms with Gasteiger partial charge < -0.3 is 14.3 Å². The summed E-state index contributed by atoms with van der Waals surface area (Å²) in [6.07, 6.45) is 0.850. The Morgan fingerprint density at radius 3 is 2.42 bits per heavy atom. The van der Waals surface area contributed by atoms with E-state index < -0.39 is 0 Å². The van der Waals surface area contributed by atoms with Gasteiger partial charge in [0.1, 0.15) is 0 Å². The fraction of sp³-hybridized carbons (Fsp3) is 0.500. The fourth-order valence-electron chi connectivity index (χ4n) is 2.93. The van der Waals surface area contributed by atoms with Gasteiger partial charge in [0, 0.05) is 47.2 Å². The molecule has 0 aliphatic carbocycles. The van der Waals surface area contributed by atoms with Gasteiger partial charge in [-0.05, 0) is 24.6 Å². The lowest BCUT2D eigenvalue weighted by atomic mass is 9.94. The summed E-state index contributed by atoms with van der Waals surface area (Å²) in [5.41, 5.74) is 0.329. The Balaban J connectivity index is 1.73. The van der Waals surface area contributed by atoms with Crippen molar-refractivity contribution in [1.82, 2.24) is 15.0 Å². The zero-order valence-electron chi connectivity index (χ0n) is 15.1. The second-order valence-electron chi connectivity index (χ2n) is 7.44. The Morgan fingerprint density at radius 2 is 1.77 bits per heavy atom. The van der Waals surface area contributed by atoms with Crippen molar-refractivity contribution in [3.05, 3.63) is 28.2 Å². The molecule has 26 heavy (non-hydrogen) atoms. The van der Waals surface area contributed by atoms with Crippen molar-refractivity contribution in [2.45, 2.75) is 27.2 Å². The van der Waals surface area contributed by atoms with Crippen LogP contribution in [-0.2, 0) is 4.79 Å². The first-order chi connectivity index (χ1) is 12.2. The SMILES string of the molecule is CC(C)(C)C(=O)N1CCCN(c2nc(-c3cc(Cl)cc(Cl)c3)no2)CC1. The maximum Gasteiger partial charge on any atom is 0.324 e. The molecule has 1 amide bonds. The Hall–Kier alpha value is -1.79. The summed E-state index contributed by atoms with van der Waals surface area (Å²) in [6, 6.07) is 5.59.